The highest BCUT2D eigenvalue weighted by molar-refractivity contribution is 6.54. The summed E-state index contributed by atoms with van der Waals surface area (Å²) >= 11 is 5.79. The molecular weight excluding hydrogens is 342 g/mol. The Hall–Kier alpha value is -3.12. The van der Waals surface area contributed by atoms with E-state index in [0.29, 0.717) is 17.7 Å². The molecule has 25 heavy (non-hydrogen) atoms. The molecule has 0 bridgehead atoms. The van der Waals surface area contributed by atoms with Crippen molar-refractivity contribution in [3.05, 3.63) is 65.2 Å². The quantitative estimate of drug-likeness (QED) is 0.382. The van der Waals surface area contributed by atoms with E-state index in [4.69, 9.17) is 11.6 Å². The van der Waals surface area contributed by atoms with Gasteiger partial charge in [0.15, 0.2) is 17.2 Å². The van der Waals surface area contributed by atoms with E-state index in [2.05, 4.69) is 16.8 Å². The molecule has 2 aromatic rings. The van der Waals surface area contributed by atoms with Crippen LogP contribution in [-0.4, -0.2) is 34.6 Å². The van der Waals surface area contributed by atoms with Gasteiger partial charge in [0.25, 0.3) is 5.91 Å². The Kier molecular flexibility index (Phi) is 4.54. The lowest BCUT2D eigenvalue weighted by molar-refractivity contribution is -0.112. The van der Waals surface area contributed by atoms with Gasteiger partial charge in [-0.3, -0.25) is 4.79 Å². The Morgan fingerprint density at radius 1 is 1.24 bits per heavy atom. The zero-order valence-electron chi connectivity index (χ0n) is 13.1. The van der Waals surface area contributed by atoms with Crippen molar-refractivity contribution in [3.8, 4) is 11.5 Å². The first kappa shape index (κ1) is 16.7. The van der Waals surface area contributed by atoms with Gasteiger partial charge in [-0.2, -0.15) is 5.10 Å². The molecule has 7 heteroatoms. The first-order valence-corrected chi connectivity index (χ1v) is 7.75. The van der Waals surface area contributed by atoms with Crippen LogP contribution in [0.3, 0.4) is 0 Å². The van der Waals surface area contributed by atoms with E-state index in [1.165, 1.54) is 18.3 Å². The van der Waals surface area contributed by atoms with E-state index in [1.54, 1.807) is 17.0 Å². The van der Waals surface area contributed by atoms with Gasteiger partial charge in [0.05, 0.1) is 16.9 Å². The molecule has 0 saturated heterocycles. The summed E-state index contributed by atoms with van der Waals surface area (Å²) in [6.45, 7) is 4.04. The number of phenolic OH excluding ortho intramolecular Hbond substituents is 2. The number of aromatic hydroxyl groups is 2. The summed E-state index contributed by atoms with van der Waals surface area (Å²) in [6, 6.07) is 10.0. The maximum Gasteiger partial charge on any atom is 0.279 e. The fraction of sp³-hybridized carbons (Fsp3) is 0.0556. The number of carbonyl (C=O) groups excluding carboxylic acids is 1. The highest BCUT2D eigenvalue weighted by atomic mass is 35.5. The fourth-order valence-electron chi connectivity index (χ4n) is 2.50. The van der Waals surface area contributed by atoms with Crippen molar-refractivity contribution in [2.45, 2.75) is 0 Å². The number of para-hydroxylation sites is 1. The van der Waals surface area contributed by atoms with Crippen LogP contribution in [0.1, 0.15) is 11.1 Å². The van der Waals surface area contributed by atoms with Crippen molar-refractivity contribution in [3.63, 3.8) is 0 Å². The predicted octanol–water partition coefficient (Wildman–Crippen LogP) is 3.11. The molecule has 0 spiro atoms. The number of carbonyl (C=O) groups is 1. The zero-order chi connectivity index (χ0) is 18.0. The Morgan fingerprint density at radius 2 is 2.00 bits per heavy atom. The van der Waals surface area contributed by atoms with Crippen LogP contribution in [0.4, 0.5) is 5.69 Å². The summed E-state index contributed by atoms with van der Waals surface area (Å²) in [5.74, 6) is -1.02. The highest BCUT2D eigenvalue weighted by Gasteiger charge is 2.32. The second-order valence-corrected chi connectivity index (χ2v) is 5.69. The Morgan fingerprint density at radius 3 is 2.72 bits per heavy atom. The molecule has 0 unspecified atom stereocenters. The number of hydrogen-bond acceptors (Lipinski definition) is 5. The largest absolute Gasteiger partial charge is 0.504 e. The molecule has 0 atom stereocenters. The Labute approximate surface area is 149 Å². The molecule has 2 N–H and O–H groups in total. The Bertz CT molecular complexity index is 899. The van der Waals surface area contributed by atoms with Crippen LogP contribution >= 0.6 is 11.6 Å². The van der Waals surface area contributed by atoms with Crippen molar-refractivity contribution in [1.29, 1.82) is 0 Å². The smallest absolute Gasteiger partial charge is 0.279 e. The zero-order valence-corrected chi connectivity index (χ0v) is 13.8. The van der Waals surface area contributed by atoms with Crippen molar-refractivity contribution in [2.24, 2.45) is 10.2 Å². The molecule has 3 rings (SSSR count). The third kappa shape index (κ3) is 3.12. The summed E-state index contributed by atoms with van der Waals surface area (Å²) in [4.78, 5) is 14.1. The second-order valence-electron chi connectivity index (χ2n) is 5.29. The van der Waals surface area contributed by atoms with Gasteiger partial charge in [0.1, 0.15) is 0 Å². The van der Waals surface area contributed by atoms with Gasteiger partial charge in [0.2, 0.25) is 0 Å². The van der Waals surface area contributed by atoms with Crippen LogP contribution in [-0.2, 0) is 4.79 Å². The summed E-state index contributed by atoms with van der Waals surface area (Å²) in [6.07, 6.45) is 2.98. The summed E-state index contributed by atoms with van der Waals surface area (Å²) < 4.78 is 0. The molecule has 1 aliphatic rings. The maximum absolute atomic E-state index is 12.5. The monoisotopic (exact) mass is 355 g/mol. The molecular formula is C18H14ClN3O3. The number of anilines is 1. The molecule has 0 saturated carbocycles. The third-order valence-electron chi connectivity index (χ3n) is 3.64. The van der Waals surface area contributed by atoms with Crippen molar-refractivity contribution in [2.75, 3.05) is 11.4 Å². The number of fused-ring (bicyclic) bond motifs is 1. The fourth-order valence-corrected chi connectivity index (χ4v) is 2.72. The predicted molar refractivity (Wildman–Crippen MR) is 97.9 cm³/mol. The van der Waals surface area contributed by atoms with E-state index in [1.807, 2.05) is 18.2 Å². The highest BCUT2D eigenvalue weighted by Crippen LogP contribution is 2.33. The third-order valence-corrected chi connectivity index (χ3v) is 3.93. The summed E-state index contributed by atoms with van der Waals surface area (Å²) in [5.41, 5.74) is 2.11. The van der Waals surface area contributed by atoms with Crippen molar-refractivity contribution >= 4 is 35.1 Å². The van der Waals surface area contributed by atoms with Gasteiger partial charge >= 0.3 is 0 Å². The van der Waals surface area contributed by atoms with Gasteiger partial charge in [-0.1, -0.05) is 35.9 Å². The second kappa shape index (κ2) is 6.78. The average molecular weight is 356 g/mol. The van der Waals surface area contributed by atoms with Crippen molar-refractivity contribution in [1.82, 2.24) is 0 Å². The van der Waals surface area contributed by atoms with Gasteiger partial charge in [-0.25, -0.2) is 0 Å². The summed E-state index contributed by atoms with van der Waals surface area (Å²) in [7, 11) is 0. The molecule has 1 aliphatic heterocycles. The number of rotatable bonds is 4. The lowest BCUT2D eigenvalue weighted by Gasteiger charge is -2.13. The van der Waals surface area contributed by atoms with Crippen LogP contribution in [0.5, 0.6) is 11.5 Å². The molecule has 2 aromatic carbocycles. The van der Waals surface area contributed by atoms with E-state index < -0.39 is 5.75 Å². The number of nitrogens with zero attached hydrogens (tertiary/aromatic N) is 3. The van der Waals surface area contributed by atoms with Crippen LogP contribution in [0, 0.1) is 0 Å². The van der Waals surface area contributed by atoms with Gasteiger partial charge < -0.3 is 15.1 Å². The minimum absolute atomic E-state index is 0.00597. The average Bonchev–Trinajstić information content (AvgIpc) is 2.86. The molecule has 126 valence electrons. The van der Waals surface area contributed by atoms with Crippen LogP contribution in [0.15, 0.2) is 59.3 Å². The van der Waals surface area contributed by atoms with Gasteiger partial charge in [-0.05, 0) is 23.8 Å². The normalized spacial score (nSPS) is 15.2. The molecule has 0 radical (unpaired) electrons. The van der Waals surface area contributed by atoms with E-state index in [-0.39, 0.29) is 22.4 Å². The number of phenols is 2. The van der Waals surface area contributed by atoms with Gasteiger partial charge in [0, 0.05) is 12.1 Å². The molecule has 1 heterocycles. The maximum atomic E-state index is 12.5. The topological polar surface area (TPSA) is 85.5 Å². The lowest BCUT2D eigenvalue weighted by atomic mass is 10.1. The van der Waals surface area contributed by atoms with E-state index in [0.717, 1.165) is 5.69 Å². The van der Waals surface area contributed by atoms with Gasteiger partial charge in [-0.15, -0.1) is 11.7 Å². The number of hydrogen-bond donors (Lipinski definition) is 2. The number of amides is 1. The standard InChI is InChI=1S/C18H14ClN3O3/c1-2-7-22-14-6-4-3-5-12(14)16(18(22)25)21-20-10-11-8-13(19)17(24)15(23)9-11/h2-6,8-10,23-24H,1,7H2/b20-10-,21-16-. The van der Waals surface area contributed by atoms with Crippen LogP contribution < -0.4 is 4.90 Å². The molecule has 0 aliphatic carbocycles. The SMILES string of the molecule is C=CCN1C(=O)/C(=N\N=C/c2cc(O)c(O)c(Cl)c2)c2ccccc21. The first-order chi connectivity index (χ1) is 12.0. The van der Waals surface area contributed by atoms with E-state index >= 15 is 0 Å². The lowest BCUT2D eigenvalue weighted by Crippen LogP contribution is -2.30. The minimum Gasteiger partial charge on any atom is -0.504 e. The van der Waals surface area contributed by atoms with E-state index in [9.17, 15) is 15.0 Å². The summed E-state index contributed by atoms with van der Waals surface area (Å²) in [5, 5.41) is 26.9. The van der Waals surface area contributed by atoms with Crippen molar-refractivity contribution < 1.29 is 15.0 Å². The number of benzene rings is 2. The minimum atomic E-state index is -0.398. The molecule has 0 fully saturated rings. The molecule has 6 nitrogen and oxygen atoms in total. The molecule has 0 aromatic heterocycles. The first-order valence-electron chi connectivity index (χ1n) is 7.37. The molecule has 1 amide bonds. The Balaban J connectivity index is 1.94. The van der Waals surface area contributed by atoms with Crippen LogP contribution in [0.25, 0.3) is 0 Å². The number of halogens is 1. The van der Waals surface area contributed by atoms with Crippen LogP contribution in [0.2, 0.25) is 5.02 Å².